The fourth-order valence-corrected chi connectivity index (χ4v) is 1.35. The third-order valence-corrected chi connectivity index (χ3v) is 2.30. The Morgan fingerprint density at radius 1 is 1.25 bits per heavy atom. The van der Waals surface area contributed by atoms with Crippen LogP contribution in [0.5, 0.6) is 0 Å². The summed E-state index contributed by atoms with van der Waals surface area (Å²) in [7, 11) is 0. The molecule has 0 unspecified atom stereocenters. The van der Waals surface area contributed by atoms with Gasteiger partial charge in [0.2, 0.25) is 0 Å². The second-order valence-electron chi connectivity index (χ2n) is 3.63. The van der Waals surface area contributed by atoms with Crippen molar-refractivity contribution in [2.45, 2.75) is 13.8 Å². The fraction of sp³-hybridized carbons (Fsp3) is 0.167. The highest BCUT2D eigenvalue weighted by Gasteiger charge is 2.12. The first-order chi connectivity index (χ1) is 7.66. The number of anilines is 1. The van der Waals surface area contributed by atoms with E-state index in [0.717, 1.165) is 11.3 Å². The number of nitrogens with one attached hydrogen (secondary N) is 1. The summed E-state index contributed by atoms with van der Waals surface area (Å²) in [5, 5.41) is 6.43. The van der Waals surface area contributed by atoms with Gasteiger partial charge in [-0.15, -0.1) is 0 Å². The number of amides is 1. The van der Waals surface area contributed by atoms with Crippen LogP contribution in [0.3, 0.4) is 0 Å². The number of aryl methyl sites for hydroxylation is 2. The zero-order chi connectivity index (χ0) is 11.5. The number of hydrogen-bond donors (Lipinski definition) is 1. The average Bonchev–Trinajstić information content (AvgIpc) is 2.68. The molecule has 16 heavy (non-hydrogen) atoms. The van der Waals surface area contributed by atoms with Crippen LogP contribution in [0.4, 0.5) is 5.69 Å². The molecule has 0 bridgehead atoms. The van der Waals surface area contributed by atoms with Crippen molar-refractivity contribution in [2.75, 3.05) is 5.32 Å². The molecule has 0 aliphatic rings. The largest absolute Gasteiger partial charge is 0.364 e. The lowest BCUT2D eigenvalue weighted by atomic mass is 10.2. The molecular formula is C12H12N2O2. The van der Waals surface area contributed by atoms with Gasteiger partial charge in [0.25, 0.3) is 5.91 Å². The Balaban J connectivity index is 2.14. The van der Waals surface area contributed by atoms with Gasteiger partial charge in [0.1, 0.15) is 11.8 Å². The molecule has 0 saturated carbocycles. The van der Waals surface area contributed by atoms with Crippen LogP contribution in [-0.4, -0.2) is 11.1 Å². The van der Waals surface area contributed by atoms with Crippen molar-refractivity contribution in [1.82, 2.24) is 5.16 Å². The molecule has 1 heterocycles. The van der Waals surface area contributed by atoms with Crippen LogP contribution < -0.4 is 5.32 Å². The average molecular weight is 216 g/mol. The number of carbonyl (C=O) groups excluding carboxylic acids is 1. The van der Waals surface area contributed by atoms with Gasteiger partial charge in [-0.2, -0.15) is 0 Å². The van der Waals surface area contributed by atoms with Crippen LogP contribution in [0.2, 0.25) is 0 Å². The van der Waals surface area contributed by atoms with E-state index in [1.807, 2.05) is 31.2 Å². The summed E-state index contributed by atoms with van der Waals surface area (Å²) in [4.78, 5) is 11.8. The number of hydrogen-bond acceptors (Lipinski definition) is 3. The lowest BCUT2D eigenvalue weighted by Crippen LogP contribution is -2.12. The zero-order valence-electron chi connectivity index (χ0n) is 9.15. The minimum Gasteiger partial charge on any atom is -0.364 e. The van der Waals surface area contributed by atoms with Crippen molar-refractivity contribution in [3.63, 3.8) is 0 Å². The minimum atomic E-state index is -0.206. The highest BCUT2D eigenvalue weighted by Crippen LogP contribution is 2.12. The minimum absolute atomic E-state index is 0.206. The van der Waals surface area contributed by atoms with E-state index >= 15 is 0 Å². The number of nitrogens with zero attached hydrogens (tertiary/aromatic N) is 1. The molecule has 1 aromatic carbocycles. The predicted molar refractivity (Wildman–Crippen MR) is 60.4 cm³/mol. The van der Waals surface area contributed by atoms with Crippen molar-refractivity contribution < 1.29 is 9.32 Å². The van der Waals surface area contributed by atoms with Crippen LogP contribution in [0.15, 0.2) is 35.1 Å². The quantitative estimate of drug-likeness (QED) is 0.839. The Morgan fingerprint density at radius 2 is 1.94 bits per heavy atom. The number of carbonyl (C=O) groups is 1. The summed E-state index contributed by atoms with van der Waals surface area (Å²) in [6.07, 6.45) is 1.35. The van der Waals surface area contributed by atoms with Crippen molar-refractivity contribution in [3.8, 4) is 0 Å². The van der Waals surface area contributed by atoms with Crippen molar-refractivity contribution in [1.29, 1.82) is 0 Å². The standard InChI is InChI=1S/C12H12N2O2/c1-8-3-5-10(6-4-8)13-12(15)11-7-16-14-9(11)2/h3-7H,1-2H3,(H,13,15). The molecule has 0 atom stereocenters. The first kappa shape index (κ1) is 10.4. The lowest BCUT2D eigenvalue weighted by Gasteiger charge is -2.03. The summed E-state index contributed by atoms with van der Waals surface area (Å²) >= 11 is 0. The van der Waals surface area contributed by atoms with Crippen LogP contribution in [0.25, 0.3) is 0 Å². The van der Waals surface area contributed by atoms with Gasteiger partial charge in [-0.25, -0.2) is 0 Å². The molecule has 1 aromatic heterocycles. The number of rotatable bonds is 2. The maximum absolute atomic E-state index is 11.8. The van der Waals surface area contributed by atoms with E-state index in [4.69, 9.17) is 4.52 Å². The Hall–Kier alpha value is -2.10. The second kappa shape index (κ2) is 4.18. The smallest absolute Gasteiger partial charge is 0.260 e. The lowest BCUT2D eigenvalue weighted by molar-refractivity contribution is 0.102. The molecule has 0 saturated heterocycles. The van der Waals surface area contributed by atoms with E-state index < -0.39 is 0 Å². The van der Waals surface area contributed by atoms with Crippen LogP contribution in [0.1, 0.15) is 21.6 Å². The fourth-order valence-electron chi connectivity index (χ4n) is 1.35. The highest BCUT2D eigenvalue weighted by atomic mass is 16.5. The third-order valence-electron chi connectivity index (χ3n) is 2.30. The summed E-state index contributed by atoms with van der Waals surface area (Å²) < 4.78 is 4.71. The normalized spacial score (nSPS) is 10.1. The SMILES string of the molecule is Cc1ccc(NC(=O)c2conc2C)cc1. The summed E-state index contributed by atoms with van der Waals surface area (Å²) in [5.74, 6) is -0.206. The number of benzene rings is 1. The second-order valence-corrected chi connectivity index (χ2v) is 3.63. The van der Waals surface area contributed by atoms with Gasteiger partial charge >= 0.3 is 0 Å². The molecule has 2 aromatic rings. The molecule has 1 amide bonds. The van der Waals surface area contributed by atoms with Gasteiger partial charge in [-0.1, -0.05) is 22.9 Å². The molecule has 0 fully saturated rings. The maximum Gasteiger partial charge on any atom is 0.260 e. The Morgan fingerprint density at radius 3 is 2.50 bits per heavy atom. The van der Waals surface area contributed by atoms with E-state index in [1.54, 1.807) is 6.92 Å². The monoisotopic (exact) mass is 216 g/mol. The van der Waals surface area contributed by atoms with E-state index in [9.17, 15) is 4.79 Å². The van der Waals surface area contributed by atoms with Crippen molar-refractivity contribution >= 4 is 11.6 Å². The van der Waals surface area contributed by atoms with Gasteiger partial charge in [0.05, 0.1) is 5.69 Å². The first-order valence-electron chi connectivity index (χ1n) is 4.96. The van der Waals surface area contributed by atoms with Gasteiger partial charge in [-0.3, -0.25) is 4.79 Å². The van der Waals surface area contributed by atoms with E-state index in [0.29, 0.717) is 11.3 Å². The third kappa shape index (κ3) is 2.11. The summed E-state index contributed by atoms with van der Waals surface area (Å²) in [6.45, 7) is 3.73. The van der Waals surface area contributed by atoms with Crippen molar-refractivity contribution in [2.24, 2.45) is 0 Å². The topological polar surface area (TPSA) is 55.1 Å². The molecule has 4 nitrogen and oxygen atoms in total. The van der Waals surface area contributed by atoms with E-state index in [-0.39, 0.29) is 5.91 Å². The molecular weight excluding hydrogens is 204 g/mol. The van der Waals surface area contributed by atoms with Gasteiger partial charge in [0, 0.05) is 5.69 Å². The van der Waals surface area contributed by atoms with Gasteiger partial charge in [-0.05, 0) is 26.0 Å². The van der Waals surface area contributed by atoms with Crippen LogP contribution in [0, 0.1) is 13.8 Å². The van der Waals surface area contributed by atoms with Gasteiger partial charge in [0.15, 0.2) is 0 Å². The summed E-state index contributed by atoms with van der Waals surface area (Å²) in [6, 6.07) is 7.60. The molecule has 0 aliphatic heterocycles. The Labute approximate surface area is 93.3 Å². The molecule has 0 aliphatic carbocycles. The van der Waals surface area contributed by atoms with Crippen molar-refractivity contribution in [3.05, 3.63) is 47.3 Å². The molecule has 2 rings (SSSR count). The van der Waals surface area contributed by atoms with Crippen LogP contribution >= 0.6 is 0 Å². The van der Waals surface area contributed by atoms with E-state index in [1.165, 1.54) is 6.26 Å². The molecule has 0 spiro atoms. The molecule has 1 N–H and O–H groups in total. The highest BCUT2D eigenvalue weighted by molar-refractivity contribution is 6.04. The first-order valence-corrected chi connectivity index (χ1v) is 4.96. The zero-order valence-corrected chi connectivity index (χ0v) is 9.15. The molecule has 0 radical (unpaired) electrons. The van der Waals surface area contributed by atoms with Gasteiger partial charge < -0.3 is 9.84 Å². The van der Waals surface area contributed by atoms with E-state index in [2.05, 4.69) is 10.5 Å². The Kier molecular flexibility index (Phi) is 2.72. The Bertz CT molecular complexity index is 500. The molecule has 82 valence electrons. The van der Waals surface area contributed by atoms with Crippen LogP contribution in [-0.2, 0) is 0 Å². The molecule has 4 heteroatoms. The maximum atomic E-state index is 11.8. The number of aromatic nitrogens is 1. The summed E-state index contributed by atoms with van der Waals surface area (Å²) in [5.41, 5.74) is 2.96. The predicted octanol–water partition coefficient (Wildman–Crippen LogP) is 2.54.